The Morgan fingerprint density at radius 3 is 2.18 bits per heavy atom. The van der Waals surface area contributed by atoms with Gasteiger partial charge in [0.25, 0.3) is 0 Å². The fraction of sp³-hybridized carbons (Fsp3) is 0.500. The highest BCUT2D eigenvalue weighted by Gasteiger charge is 2.27. The lowest BCUT2D eigenvalue weighted by Crippen LogP contribution is -2.55. The summed E-state index contributed by atoms with van der Waals surface area (Å²) < 4.78 is 0. The first-order chi connectivity index (χ1) is 10.4. The Balaban J connectivity index is 1.98. The summed E-state index contributed by atoms with van der Waals surface area (Å²) in [6, 6.07) is 5.16. The SMILES string of the molecule is Cc1cccc(C)c1N1CCN(C(C)C(=O)NC(N)=O)CC1. The maximum atomic E-state index is 11.8. The zero-order chi connectivity index (χ0) is 16.3. The average molecular weight is 304 g/mol. The van der Waals surface area contributed by atoms with Gasteiger partial charge in [-0.3, -0.25) is 15.0 Å². The van der Waals surface area contributed by atoms with Crippen molar-refractivity contribution in [1.82, 2.24) is 10.2 Å². The molecule has 22 heavy (non-hydrogen) atoms. The lowest BCUT2D eigenvalue weighted by Gasteiger charge is -2.39. The van der Waals surface area contributed by atoms with Crippen LogP contribution >= 0.6 is 0 Å². The molecule has 6 heteroatoms. The summed E-state index contributed by atoms with van der Waals surface area (Å²) in [6.45, 7) is 9.32. The van der Waals surface area contributed by atoms with Gasteiger partial charge in [0, 0.05) is 31.9 Å². The number of urea groups is 1. The fourth-order valence-electron chi connectivity index (χ4n) is 3.03. The van der Waals surface area contributed by atoms with Crippen molar-refractivity contribution in [3.63, 3.8) is 0 Å². The number of nitrogens with two attached hydrogens (primary N) is 1. The van der Waals surface area contributed by atoms with Crippen LogP contribution in [0.2, 0.25) is 0 Å². The first-order valence-corrected chi connectivity index (χ1v) is 7.55. The Morgan fingerprint density at radius 1 is 1.14 bits per heavy atom. The van der Waals surface area contributed by atoms with Gasteiger partial charge >= 0.3 is 6.03 Å². The third-order valence-corrected chi connectivity index (χ3v) is 4.24. The van der Waals surface area contributed by atoms with Crippen molar-refractivity contribution >= 4 is 17.6 Å². The van der Waals surface area contributed by atoms with Crippen molar-refractivity contribution in [3.05, 3.63) is 29.3 Å². The highest BCUT2D eigenvalue weighted by Crippen LogP contribution is 2.25. The second-order valence-electron chi connectivity index (χ2n) is 5.79. The van der Waals surface area contributed by atoms with Crippen LogP contribution < -0.4 is 16.0 Å². The molecule has 0 radical (unpaired) electrons. The molecule has 0 aliphatic carbocycles. The number of hydrogen-bond donors (Lipinski definition) is 2. The number of piperazine rings is 1. The van der Waals surface area contributed by atoms with E-state index in [0.717, 1.165) is 26.2 Å². The second kappa shape index (κ2) is 6.79. The molecule has 1 unspecified atom stereocenters. The Morgan fingerprint density at radius 2 is 1.68 bits per heavy atom. The van der Waals surface area contributed by atoms with Gasteiger partial charge in [-0.25, -0.2) is 4.79 Å². The van der Waals surface area contributed by atoms with E-state index in [9.17, 15) is 9.59 Å². The molecule has 6 nitrogen and oxygen atoms in total. The zero-order valence-corrected chi connectivity index (χ0v) is 13.4. The molecule has 0 spiro atoms. The number of para-hydroxylation sites is 1. The highest BCUT2D eigenvalue weighted by molar-refractivity contribution is 5.96. The summed E-state index contributed by atoms with van der Waals surface area (Å²) in [5.74, 6) is -0.340. The van der Waals surface area contributed by atoms with Crippen LogP contribution in [-0.4, -0.2) is 49.1 Å². The van der Waals surface area contributed by atoms with Crippen molar-refractivity contribution in [1.29, 1.82) is 0 Å². The van der Waals surface area contributed by atoms with E-state index in [-0.39, 0.29) is 11.9 Å². The van der Waals surface area contributed by atoms with Gasteiger partial charge in [-0.15, -0.1) is 0 Å². The van der Waals surface area contributed by atoms with E-state index in [0.29, 0.717) is 0 Å². The minimum atomic E-state index is -0.800. The number of benzene rings is 1. The van der Waals surface area contributed by atoms with Crippen LogP contribution in [-0.2, 0) is 4.79 Å². The number of hydrogen-bond acceptors (Lipinski definition) is 4. The molecule has 1 atom stereocenters. The largest absolute Gasteiger partial charge is 0.369 e. The maximum Gasteiger partial charge on any atom is 0.318 e. The Labute approximate surface area is 131 Å². The van der Waals surface area contributed by atoms with Crippen molar-refractivity contribution in [2.24, 2.45) is 5.73 Å². The Kier molecular flexibility index (Phi) is 5.03. The van der Waals surface area contributed by atoms with Crippen molar-refractivity contribution < 1.29 is 9.59 Å². The molecule has 3 amide bonds. The molecule has 0 aromatic heterocycles. The summed E-state index contributed by atoms with van der Waals surface area (Å²) in [5.41, 5.74) is 8.83. The van der Waals surface area contributed by atoms with E-state index in [1.165, 1.54) is 16.8 Å². The molecule has 1 aliphatic heterocycles. The van der Waals surface area contributed by atoms with Crippen LogP contribution in [0.5, 0.6) is 0 Å². The Bertz CT molecular complexity index is 545. The summed E-state index contributed by atoms with van der Waals surface area (Å²) in [4.78, 5) is 27.1. The number of primary amides is 1. The van der Waals surface area contributed by atoms with Gasteiger partial charge in [-0.1, -0.05) is 18.2 Å². The molecule has 1 aromatic carbocycles. The monoisotopic (exact) mass is 304 g/mol. The number of imide groups is 1. The molecule has 1 saturated heterocycles. The lowest BCUT2D eigenvalue weighted by atomic mass is 10.1. The van der Waals surface area contributed by atoms with E-state index < -0.39 is 6.03 Å². The topological polar surface area (TPSA) is 78.7 Å². The number of rotatable bonds is 3. The average Bonchev–Trinajstić information content (AvgIpc) is 2.46. The van der Waals surface area contributed by atoms with Gasteiger partial charge in [-0.05, 0) is 31.9 Å². The predicted octanol–water partition coefficient (Wildman–Crippen LogP) is 1.01. The molecule has 120 valence electrons. The Hall–Kier alpha value is -2.08. The van der Waals surface area contributed by atoms with Crippen molar-refractivity contribution in [2.75, 3.05) is 31.1 Å². The maximum absolute atomic E-state index is 11.8. The van der Waals surface area contributed by atoms with Crippen molar-refractivity contribution in [3.8, 4) is 0 Å². The van der Waals surface area contributed by atoms with Crippen LogP contribution in [0, 0.1) is 13.8 Å². The molecular formula is C16H24N4O2. The quantitative estimate of drug-likeness (QED) is 0.873. The molecule has 0 bridgehead atoms. The normalized spacial score (nSPS) is 17.1. The third-order valence-electron chi connectivity index (χ3n) is 4.24. The summed E-state index contributed by atoms with van der Waals surface area (Å²) in [5, 5.41) is 2.15. The van der Waals surface area contributed by atoms with Crippen molar-refractivity contribution in [2.45, 2.75) is 26.8 Å². The minimum Gasteiger partial charge on any atom is -0.369 e. The van der Waals surface area contributed by atoms with E-state index in [2.05, 4.69) is 47.2 Å². The zero-order valence-electron chi connectivity index (χ0n) is 13.4. The van der Waals surface area contributed by atoms with Gasteiger partial charge in [0.2, 0.25) is 5.91 Å². The van der Waals surface area contributed by atoms with E-state index >= 15 is 0 Å². The number of carbonyl (C=O) groups excluding carboxylic acids is 2. The van der Waals surface area contributed by atoms with Gasteiger partial charge in [0.1, 0.15) is 0 Å². The standard InChI is InChI=1S/C16H24N4O2/c1-11-5-4-6-12(2)14(11)20-9-7-19(8-10-20)13(3)15(21)18-16(17)22/h4-6,13H,7-10H2,1-3H3,(H3,17,18,21,22). The van der Waals surface area contributed by atoms with E-state index in [1.807, 2.05) is 0 Å². The molecular weight excluding hydrogens is 280 g/mol. The molecule has 0 saturated carbocycles. The first kappa shape index (κ1) is 16.3. The number of nitrogens with one attached hydrogen (secondary N) is 1. The molecule has 3 N–H and O–H groups in total. The summed E-state index contributed by atoms with van der Waals surface area (Å²) in [7, 11) is 0. The third kappa shape index (κ3) is 3.57. The molecule has 1 aliphatic rings. The van der Waals surface area contributed by atoms with Crippen LogP contribution in [0.25, 0.3) is 0 Å². The van der Waals surface area contributed by atoms with E-state index in [1.54, 1.807) is 6.92 Å². The highest BCUT2D eigenvalue weighted by atomic mass is 16.2. The van der Waals surface area contributed by atoms with E-state index in [4.69, 9.17) is 5.73 Å². The number of nitrogens with zero attached hydrogens (tertiary/aromatic N) is 2. The second-order valence-corrected chi connectivity index (χ2v) is 5.79. The lowest BCUT2D eigenvalue weighted by molar-refractivity contribution is -0.124. The van der Waals surface area contributed by atoms with Gasteiger partial charge < -0.3 is 10.6 Å². The molecule has 1 aromatic rings. The number of anilines is 1. The molecule has 2 rings (SSSR count). The summed E-state index contributed by atoms with van der Waals surface area (Å²) >= 11 is 0. The van der Waals surface area contributed by atoms with Crippen LogP contribution in [0.1, 0.15) is 18.1 Å². The number of amides is 3. The van der Waals surface area contributed by atoms with Gasteiger partial charge in [0.15, 0.2) is 0 Å². The first-order valence-electron chi connectivity index (χ1n) is 7.55. The van der Waals surface area contributed by atoms with Crippen LogP contribution in [0.3, 0.4) is 0 Å². The molecule has 1 fully saturated rings. The smallest absolute Gasteiger partial charge is 0.318 e. The minimum absolute atomic E-state index is 0.340. The van der Waals surface area contributed by atoms with Crippen LogP contribution in [0.15, 0.2) is 18.2 Å². The number of carbonyl (C=O) groups is 2. The van der Waals surface area contributed by atoms with Gasteiger partial charge in [0.05, 0.1) is 6.04 Å². The fourth-order valence-corrected chi connectivity index (χ4v) is 3.03. The summed E-state index contributed by atoms with van der Waals surface area (Å²) in [6.07, 6.45) is 0. The van der Waals surface area contributed by atoms with Crippen LogP contribution in [0.4, 0.5) is 10.5 Å². The van der Waals surface area contributed by atoms with Gasteiger partial charge in [-0.2, -0.15) is 0 Å². The molecule has 1 heterocycles. The number of aryl methyl sites for hydroxylation is 2. The predicted molar refractivity (Wildman–Crippen MR) is 86.9 cm³/mol.